The Labute approximate surface area is 173 Å². The minimum Gasteiger partial charge on any atom is -0.610 e. The highest BCUT2D eigenvalue weighted by Gasteiger charge is 2.25. The number of hydrogen-bond acceptors (Lipinski definition) is 6. The fourth-order valence-corrected chi connectivity index (χ4v) is 4.56. The normalized spacial score (nSPS) is 13.2. The molecule has 1 aromatic carbocycles. The van der Waals surface area contributed by atoms with Gasteiger partial charge in [0.2, 0.25) is 0 Å². The van der Waals surface area contributed by atoms with Crippen LogP contribution in [0, 0.1) is 13.8 Å². The van der Waals surface area contributed by atoms with E-state index in [2.05, 4.69) is 21.5 Å². The summed E-state index contributed by atoms with van der Waals surface area (Å²) in [6.07, 6.45) is 1.41. The Hall–Kier alpha value is -2.71. The Kier molecular flexibility index (Phi) is 6.04. The van der Waals surface area contributed by atoms with E-state index in [0.29, 0.717) is 12.4 Å². The van der Waals surface area contributed by atoms with Gasteiger partial charge in [-0.3, -0.25) is 4.68 Å². The van der Waals surface area contributed by atoms with E-state index in [1.807, 2.05) is 58.1 Å². The molecule has 0 bridgehead atoms. The van der Waals surface area contributed by atoms with Gasteiger partial charge in [-0.1, -0.05) is 12.1 Å². The summed E-state index contributed by atoms with van der Waals surface area (Å²) in [6, 6.07) is 11.5. The van der Waals surface area contributed by atoms with Gasteiger partial charge < -0.3 is 14.8 Å². The molecule has 154 valence electrons. The monoisotopic (exact) mass is 413 g/mol. The highest BCUT2D eigenvalue weighted by Crippen LogP contribution is 2.25. The molecule has 0 spiro atoms. The van der Waals surface area contributed by atoms with Crippen LogP contribution in [-0.2, 0) is 33.8 Å². The summed E-state index contributed by atoms with van der Waals surface area (Å²) in [4.78, 5) is 6.55. The third-order valence-electron chi connectivity index (χ3n) is 4.99. The molecule has 0 radical (unpaired) electrons. The van der Waals surface area contributed by atoms with Gasteiger partial charge in [-0.2, -0.15) is 5.10 Å². The molecule has 1 N–H and O–H groups in total. The lowest BCUT2D eigenvalue weighted by atomic mass is 10.2. The largest absolute Gasteiger partial charge is 0.610 e. The lowest BCUT2D eigenvalue weighted by Crippen LogP contribution is -2.15. The lowest BCUT2D eigenvalue weighted by Gasteiger charge is -2.16. The fourth-order valence-electron chi connectivity index (χ4n) is 3.11. The molecule has 7 nitrogen and oxygen atoms in total. The van der Waals surface area contributed by atoms with Crippen molar-refractivity contribution in [1.82, 2.24) is 14.8 Å². The number of pyridine rings is 1. The van der Waals surface area contributed by atoms with E-state index in [1.165, 1.54) is 6.20 Å². The average Bonchev–Trinajstić information content (AvgIpc) is 2.92. The number of nitrogens with zero attached hydrogens (tertiary/aromatic N) is 4. The van der Waals surface area contributed by atoms with Crippen molar-refractivity contribution >= 4 is 21.7 Å². The molecular weight excluding hydrogens is 386 g/mol. The van der Waals surface area contributed by atoms with Crippen LogP contribution in [0.1, 0.15) is 22.5 Å². The number of sulfone groups is 1. The molecule has 8 heteroatoms. The Balaban J connectivity index is 1.69. The molecule has 1 atom stereocenters. The molecule has 0 aliphatic carbocycles. The topological polar surface area (TPSA) is 86.1 Å². The zero-order chi connectivity index (χ0) is 21.2. The Bertz CT molecular complexity index is 1040. The second kappa shape index (κ2) is 8.34. The first-order valence-electron chi connectivity index (χ1n) is 9.35. The van der Waals surface area contributed by atoms with Crippen molar-refractivity contribution in [3.05, 3.63) is 65.1 Å². The minimum atomic E-state index is -3.49. The Morgan fingerprint density at radius 1 is 1.21 bits per heavy atom. The van der Waals surface area contributed by atoms with E-state index >= 15 is 0 Å². The van der Waals surface area contributed by atoms with E-state index in [-0.39, 0.29) is 10.6 Å². The van der Waals surface area contributed by atoms with E-state index < -0.39 is 10.2 Å². The van der Waals surface area contributed by atoms with Crippen LogP contribution in [0.2, 0.25) is 0 Å². The number of benzene rings is 1. The first-order valence-corrected chi connectivity index (χ1v) is 11.0. The third-order valence-corrected chi connectivity index (χ3v) is 6.62. The van der Waals surface area contributed by atoms with Crippen molar-refractivity contribution in [2.24, 2.45) is 7.05 Å². The minimum absolute atomic E-state index is 0.0791. The summed E-state index contributed by atoms with van der Waals surface area (Å²) in [6.45, 7) is 4.31. The summed E-state index contributed by atoms with van der Waals surface area (Å²) in [5, 5.41) is 7.54. The second-order valence-corrected chi connectivity index (χ2v) is 9.32. The molecule has 1 unspecified atom stereocenters. The molecule has 0 saturated heterocycles. The van der Waals surface area contributed by atoms with Gasteiger partial charge >= 0.3 is 0 Å². The number of aromatic nitrogens is 3. The molecular formula is C21H27N5O2S. The zero-order valence-electron chi connectivity index (χ0n) is 17.5. The summed E-state index contributed by atoms with van der Waals surface area (Å²) in [7, 11) is 2.32. The quantitative estimate of drug-likeness (QED) is 0.598. The van der Waals surface area contributed by atoms with Gasteiger partial charge in [0.15, 0.2) is 4.90 Å². The number of anilines is 2. The van der Waals surface area contributed by atoms with Crippen molar-refractivity contribution in [2.45, 2.75) is 31.0 Å². The molecule has 0 aliphatic rings. The van der Waals surface area contributed by atoms with Crippen LogP contribution in [0.3, 0.4) is 0 Å². The maximum absolute atomic E-state index is 12.8. The third kappa shape index (κ3) is 4.83. The van der Waals surface area contributed by atoms with E-state index in [4.69, 9.17) is 0 Å². The van der Waals surface area contributed by atoms with Crippen molar-refractivity contribution < 1.29 is 8.76 Å². The number of nitrogens with one attached hydrogen (secondary N) is 1. The summed E-state index contributed by atoms with van der Waals surface area (Å²) in [5.41, 5.74) is 4.59. The molecule has 2 aromatic heterocycles. The van der Waals surface area contributed by atoms with Gasteiger partial charge in [0.1, 0.15) is 11.6 Å². The number of rotatable bonds is 7. The van der Waals surface area contributed by atoms with Crippen molar-refractivity contribution in [3.8, 4) is 0 Å². The zero-order valence-corrected chi connectivity index (χ0v) is 18.3. The summed E-state index contributed by atoms with van der Waals surface area (Å²) >= 11 is 0. The van der Waals surface area contributed by atoms with E-state index in [9.17, 15) is 8.76 Å². The van der Waals surface area contributed by atoms with Crippen molar-refractivity contribution in [1.29, 1.82) is 0 Å². The molecule has 3 rings (SSSR count). The second-order valence-electron chi connectivity index (χ2n) is 7.33. The standard InChI is InChI=1S/C21H27N5O2S/c1-15-20(16(2)26(5)24-15)14-29(27,28)19-9-10-21(23-13-19)22-12-17-7-6-8-18(11-17)25(3)4/h6-11,13H,12,14H2,1-5H3,(H-,22,23,27,28). The predicted octanol–water partition coefficient (Wildman–Crippen LogP) is 3.30. The van der Waals surface area contributed by atoms with Crippen molar-refractivity contribution in [2.75, 3.05) is 24.3 Å². The summed E-state index contributed by atoms with van der Waals surface area (Å²) < 4.78 is 27.3. The fraction of sp³-hybridized carbons (Fsp3) is 0.333. The van der Waals surface area contributed by atoms with Gasteiger partial charge in [0.25, 0.3) is 0 Å². The maximum Gasteiger partial charge on any atom is 0.174 e. The molecule has 0 aliphatic heterocycles. The predicted molar refractivity (Wildman–Crippen MR) is 116 cm³/mol. The van der Waals surface area contributed by atoms with Gasteiger partial charge in [-0.25, -0.2) is 4.98 Å². The summed E-state index contributed by atoms with van der Waals surface area (Å²) in [5.74, 6) is 0.553. The van der Waals surface area contributed by atoms with Crippen LogP contribution in [0.25, 0.3) is 0 Å². The molecule has 0 amide bonds. The van der Waals surface area contributed by atoms with Gasteiger partial charge in [-0.05, 0) is 43.7 Å². The molecule has 2 heterocycles. The van der Waals surface area contributed by atoms with Crippen LogP contribution >= 0.6 is 0 Å². The van der Waals surface area contributed by atoms with Crippen LogP contribution in [0.5, 0.6) is 0 Å². The smallest absolute Gasteiger partial charge is 0.174 e. The molecule has 3 aromatic rings. The number of hydrogen-bond donors (Lipinski definition) is 1. The highest BCUT2D eigenvalue weighted by molar-refractivity contribution is 7.96. The van der Waals surface area contributed by atoms with Gasteiger partial charge in [0, 0.05) is 44.6 Å². The van der Waals surface area contributed by atoms with E-state index in [1.54, 1.807) is 16.8 Å². The maximum atomic E-state index is 12.8. The molecule has 0 fully saturated rings. The van der Waals surface area contributed by atoms with E-state index in [0.717, 1.165) is 28.2 Å². The Morgan fingerprint density at radius 2 is 1.97 bits per heavy atom. The Morgan fingerprint density at radius 3 is 2.55 bits per heavy atom. The van der Waals surface area contributed by atoms with Crippen molar-refractivity contribution in [3.63, 3.8) is 0 Å². The van der Waals surface area contributed by atoms with Crippen LogP contribution in [-0.4, -0.2) is 33.4 Å². The first-order chi connectivity index (χ1) is 13.7. The average molecular weight is 414 g/mol. The van der Waals surface area contributed by atoms with Gasteiger partial charge in [-0.15, -0.1) is 4.21 Å². The number of aryl methyl sites for hydroxylation is 2. The molecule has 0 saturated carbocycles. The van der Waals surface area contributed by atoms with Crippen LogP contribution in [0.4, 0.5) is 11.5 Å². The van der Waals surface area contributed by atoms with Crippen LogP contribution < -0.4 is 10.2 Å². The SMILES string of the molecule is Cc1nn(C)c(C)c1C[S+](=O)([O-])c1ccc(NCc2cccc(N(C)C)c2)nc1. The highest BCUT2D eigenvalue weighted by atomic mass is 32.3. The van der Waals surface area contributed by atoms with Crippen LogP contribution in [0.15, 0.2) is 47.5 Å². The molecule has 29 heavy (non-hydrogen) atoms. The lowest BCUT2D eigenvalue weighted by molar-refractivity contribution is 0.476. The van der Waals surface area contributed by atoms with Gasteiger partial charge in [0.05, 0.1) is 22.1 Å². The first kappa shape index (κ1) is 21.0.